The van der Waals surface area contributed by atoms with Crippen LogP contribution in [-0.4, -0.2) is 53.7 Å². The van der Waals surface area contributed by atoms with Gasteiger partial charge in [-0.1, -0.05) is 35.9 Å². The number of benzene rings is 4. The number of hydrogen-bond acceptors (Lipinski definition) is 6. The zero-order chi connectivity index (χ0) is 31.2. The molecule has 9 heteroatoms. The highest BCUT2D eigenvalue weighted by Crippen LogP contribution is 2.24. The van der Waals surface area contributed by atoms with Crippen molar-refractivity contribution in [3.8, 4) is 0 Å². The lowest BCUT2D eigenvalue weighted by atomic mass is 9.99. The first-order valence-corrected chi connectivity index (χ1v) is 14.7. The molecule has 0 bridgehead atoms. The molecule has 0 atom stereocenters. The third-order valence-electron chi connectivity index (χ3n) is 7.97. The summed E-state index contributed by atoms with van der Waals surface area (Å²) in [7, 11) is 4.19. The zero-order valence-electron chi connectivity index (χ0n) is 25.3. The van der Waals surface area contributed by atoms with Gasteiger partial charge in [0.15, 0.2) is 0 Å². The Labute approximate surface area is 257 Å². The summed E-state index contributed by atoms with van der Waals surface area (Å²) in [6, 6.07) is 25.4. The number of non-ortho nitro benzene ring substituents is 1. The first kappa shape index (κ1) is 30.6. The van der Waals surface area contributed by atoms with E-state index in [0.717, 1.165) is 50.3 Å². The Hall–Kier alpha value is -4.86. The van der Waals surface area contributed by atoms with Gasteiger partial charge < -0.3 is 20.4 Å². The Morgan fingerprint density at radius 3 is 1.73 bits per heavy atom. The van der Waals surface area contributed by atoms with Crippen molar-refractivity contribution in [2.24, 2.45) is 0 Å². The minimum atomic E-state index is -0.508. The van der Waals surface area contributed by atoms with Gasteiger partial charge in [-0.3, -0.25) is 19.7 Å². The van der Waals surface area contributed by atoms with Gasteiger partial charge in [0.1, 0.15) is 0 Å². The summed E-state index contributed by atoms with van der Waals surface area (Å²) < 4.78 is 0. The van der Waals surface area contributed by atoms with Crippen LogP contribution in [0.25, 0.3) is 0 Å². The molecule has 6 rings (SSSR count). The lowest BCUT2D eigenvalue weighted by Gasteiger charge is -2.25. The number of nitro benzene ring substituents is 1. The molecule has 226 valence electrons. The largest absolute Gasteiger partial charge is 0.322 e. The van der Waals surface area contributed by atoms with Crippen LogP contribution >= 0.6 is 0 Å². The van der Waals surface area contributed by atoms with Crippen LogP contribution in [0.1, 0.15) is 48.5 Å². The van der Waals surface area contributed by atoms with E-state index in [1.807, 2.05) is 55.5 Å². The van der Waals surface area contributed by atoms with Gasteiger partial charge in [0, 0.05) is 60.8 Å². The lowest BCUT2D eigenvalue weighted by molar-refractivity contribution is -0.384. The van der Waals surface area contributed by atoms with Crippen molar-refractivity contribution in [2.45, 2.75) is 32.9 Å². The van der Waals surface area contributed by atoms with Crippen LogP contribution in [0.15, 0.2) is 84.9 Å². The van der Waals surface area contributed by atoms with Gasteiger partial charge in [0.2, 0.25) is 0 Å². The molecular formula is C35H37N5O4. The molecule has 0 radical (unpaired) electrons. The maximum Gasteiger partial charge on any atom is 0.270 e. The smallest absolute Gasteiger partial charge is 0.270 e. The molecule has 0 saturated heterocycles. The second kappa shape index (κ2) is 13.6. The predicted octanol–water partition coefficient (Wildman–Crippen LogP) is 6.07. The third-order valence-corrected chi connectivity index (χ3v) is 7.97. The molecule has 0 fully saturated rings. The van der Waals surface area contributed by atoms with Crippen molar-refractivity contribution in [1.82, 2.24) is 9.80 Å². The monoisotopic (exact) mass is 591 g/mol. The standard InChI is InChI=1S/C18H20N2O.C17H17N3O3/c1-13-3-5-15(6-4-13)18(21)19-17-8-7-14-9-10-20(2)12-16(14)11-17;1-19-8-7-12-5-6-15(9-14(12)11-19)18-17(21)13-3-2-4-16(10-13)20(22)23/h3-8,11H,9-10,12H2,1-2H3,(H,19,21);2-6,9-10H,7-8,11H2,1H3,(H,18,21). The molecule has 2 heterocycles. The number of carbonyl (C=O) groups is 2. The van der Waals surface area contributed by atoms with Gasteiger partial charge in [-0.05, 0) is 98.6 Å². The van der Waals surface area contributed by atoms with Crippen molar-refractivity contribution < 1.29 is 14.5 Å². The fourth-order valence-corrected chi connectivity index (χ4v) is 5.42. The Bertz CT molecular complexity index is 1690. The van der Waals surface area contributed by atoms with Crippen molar-refractivity contribution in [1.29, 1.82) is 0 Å². The number of rotatable bonds is 5. The minimum absolute atomic E-state index is 0.0564. The average Bonchev–Trinajstić information content (AvgIpc) is 3.01. The summed E-state index contributed by atoms with van der Waals surface area (Å²) in [5.41, 5.74) is 8.81. The van der Waals surface area contributed by atoms with Crippen LogP contribution in [-0.2, 0) is 25.9 Å². The number of likely N-dealkylation sites (N-methyl/N-ethyl adjacent to an activating group) is 2. The number of carbonyl (C=O) groups excluding carboxylic acids is 2. The molecule has 0 saturated carbocycles. The Balaban J connectivity index is 0.000000175. The molecule has 44 heavy (non-hydrogen) atoms. The number of aryl methyl sites for hydroxylation is 1. The molecule has 0 aliphatic carbocycles. The van der Waals surface area contributed by atoms with Gasteiger partial charge in [-0.25, -0.2) is 0 Å². The Kier molecular flexibility index (Phi) is 9.47. The van der Waals surface area contributed by atoms with Crippen molar-refractivity contribution >= 4 is 28.9 Å². The first-order chi connectivity index (χ1) is 21.1. The molecule has 2 aliphatic rings. The molecule has 0 aromatic heterocycles. The van der Waals surface area contributed by atoms with Crippen molar-refractivity contribution in [3.05, 3.63) is 134 Å². The fourth-order valence-electron chi connectivity index (χ4n) is 5.42. The lowest BCUT2D eigenvalue weighted by Crippen LogP contribution is -2.26. The van der Waals surface area contributed by atoms with Gasteiger partial charge in [0.05, 0.1) is 4.92 Å². The number of fused-ring (bicyclic) bond motifs is 2. The molecule has 9 nitrogen and oxygen atoms in total. The van der Waals surface area contributed by atoms with E-state index in [0.29, 0.717) is 11.3 Å². The van der Waals surface area contributed by atoms with Crippen molar-refractivity contribution in [2.75, 3.05) is 37.8 Å². The maximum absolute atomic E-state index is 12.3. The van der Waals surface area contributed by atoms with Gasteiger partial charge >= 0.3 is 0 Å². The molecule has 0 spiro atoms. The van der Waals surface area contributed by atoms with E-state index >= 15 is 0 Å². The summed E-state index contributed by atoms with van der Waals surface area (Å²) >= 11 is 0. The predicted molar refractivity (Wildman–Crippen MR) is 173 cm³/mol. The van der Waals surface area contributed by atoms with Crippen LogP contribution in [0.4, 0.5) is 17.1 Å². The summed E-state index contributed by atoms with van der Waals surface area (Å²) in [6.45, 7) is 5.95. The topological polar surface area (TPSA) is 108 Å². The summed E-state index contributed by atoms with van der Waals surface area (Å²) in [5, 5.41) is 16.6. The second-order valence-corrected chi connectivity index (χ2v) is 11.5. The first-order valence-electron chi connectivity index (χ1n) is 14.7. The highest BCUT2D eigenvalue weighted by atomic mass is 16.6. The SMILES string of the molecule is CN1CCc2ccc(NC(=O)c3cccc([N+](=O)[O-])c3)cc2C1.Cc1ccc(C(=O)Nc2ccc3c(c2)CN(C)CC3)cc1. The van der Waals surface area contributed by atoms with E-state index in [2.05, 4.69) is 46.7 Å². The van der Waals surface area contributed by atoms with E-state index in [4.69, 9.17) is 0 Å². The summed E-state index contributed by atoms with van der Waals surface area (Å²) in [5.74, 6) is -0.406. The van der Waals surface area contributed by atoms with Gasteiger partial charge in [0.25, 0.3) is 17.5 Å². The number of anilines is 2. The van der Waals surface area contributed by atoms with Gasteiger partial charge in [-0.2, -0.15) is 0 Å². The minimum Gasteiger partial charge on any atom is -0.322 e. The van der Waals surface area contributed by atoms with E-state index in [9.17, 15) is 19.7 Å². The molecular weight excluding hydrogens is 554 g/mol. The molecule has 4 aromatic carbocycles. The highest BCUT2D eigenvalue weighted by Gasteiger charge is 2.16. The molecule has 0 unspecified atom stereocenters. The number of nitrogens with one attached hydrogen (secondary N) is 2. The number of hydrogen-bond donors (Lipinski definition) is 2. The highest BCUT2D eigenvalue weighted by molar-refractivity contribution is 6.05. The van der Waals surface area contributed by atoms with E-state index in [1.54, 1.807) is 6.07 Å². The zero-order valence-corrected chi connectivity index (χ0v) is 25.3. The van der Waals surface area contributed by atoms with Crippen LogP contribution < -0.4 is 10.6 Å². The van der Waals surface area contributed by atoms with Crippen LogP contribution in [0.3, 0.4) is 0 Å². The average molecular weight is 592 g/mol. The van der Waals surface area contributed by atoms with Crippen LogP contribution in [0.5, 0.6) is 0 Å². The van der Waals surface area contributed by atoms with Crippen LogP contribution in [0, 0.1) is 17.0 Å². The van der Waals surface area contributed by atoms with E-state index < -0.39 is 4.92 Å². The molecule has 2 aliphatic heterocycles. The maximum atomic E-state index is 12.3. The van der Waals surface area contributed by atoms with Crippen LogP contribution in [0.2, 0.25) is 0 Å². The normalized spacial score (nSPS) is 14.3. The summed E-state index contributed by atoms with van der Waals surface area (Å²) in [6.07, 6.45) is 2.09. The number of amides is 2. The summed E-state index contributed by atoms with van der Waals surface area (Å²) in [4.78, 5) is 39.3. The Morgan fingerprint density at radius 2 is 1.20 bits per heavy atom. The van der Waals surface area contributed by atoms with E-state index in [1.165, 1.54) is 40.5 Å². The number of nitrogens with zero attached hydrogens (tertiary/aromatic N) is 3. The fraction of sp³-hybridized carbons (Fsp3) is 0.257. The van der Waals surface area contributed by atoms with E-state index in [-0.39, 0.29) is 23.1 Å². The number of nitro groups is 1. The molecule has 2 N–H and O–H groups in total. The third kappa shape index (κ3) is 7.75. The molecule has 4 aromatic rings. The quantitative estimate of drug-likeness (QED) is 0.216. The Morgan fingerprint density at radius 1 is 0.682 bits per heavy atom. The van der Waals surface area contributed by atoms with Gasteiger partial charge in [-0.15, -0.1) is 0 Å². The molecule has 2 amide bonds. The van der Waals surface area contributed by atoms with Crippen molar-refractivity contribution in [3.63, 3.8) is 0 Å². The second-order valence-electron chi connectivity index (χ2n) is 11.5.